The summed E-state index contributed by atoms with van der Waals surface area (Å²) in [7, 11) is 0. The molecule has 3 aromatic rings. The SMILES string of the molecule is Cc1cc(NC(=O)[C@H](C)OC(=O)CCc2nnc(-c3ccccc3)o2)on1. The Hall–Kier alpha value is -3.49. The minimum atomic E-state index is -0.981. The Bertz CT molecular complexity index is 919. The molecular formula is C18H18N4O5. The second kappa shape index (κ2) is 8.26. The Labute approximate surface area is 154 Å². The number of anilines is 1. The van der Waals surface area contributed by atoms with E-state index >= 15 is 0 Å². The number of benzene rings is 1. The van der Waals surface area contributed by atoms with E-state index in [1.54, 1.807) is 13.0 Å². The molecule has 2 heterocycles. The Morgan fingerprint density at radius 2 is 2.00 bits per heavy atom. The molecule has 0 fully saturated rings. The minimum Gasteiger partial charge on any atom is -0.453 e. The van der Waals surface area contributed by atoms with Gasteiger partial charge in [0, 0.05) is 18.1 Å². The monoisotopic (exact) mass is 370 g/mol. The van der Waals surface area contributed by atoms with Crippen LogP contribution in [-0.4, -0.2) is 33.3 Å². The van der Waals surface area contributed by atoms with Crippen molar-refractivity contribution in [2.45, 2.75) is 32.8 Å². The first-order chi connectivity index (χ1) is 13.0. The zero-order valence-corrected chi connectivity index (χ0v) is 14.8. The number of nitrogens with one attached hydrogen (secondary N) is 1. The highest BCUT2D eigenvalue weighted by Crippen LogP contribution is 2.17. The van der Waals surface area contributed by atoms with Crippen LogP contribution in [0, 0.1) is 6.92 Å². The predicted octanol–water partition coefficient (Wildman–Crippen LogP) is 2.54. The standard InChI is InChI=1S/C18H18N4O5/c1-11-10-15(27-22-11)19-17(24)12(2)25-16(23)9-8-14-20-21-18(26-14)13-6-4-3-5-7-13/h3-7,10,12H,8-9H2,1-2H3,(H,19,24)/t12-/m0/s1. The van der Waals surface area contributed by atoms with E-state index in [2.05, 4.69) is 20.7 Å². The molecule has 9 nitrogen and oxygen atoms in total. The van der Waals surface area contributed by atoms with Crippen LogP contribution in [0.4, 0.5) is 5.88 Å². The zero-order valence-electron chi connectivity index (χ0n) is 14.8. The molecule has 0 saturated heterocycles. The van der Waals surface area contributed by atoms with Crippen LogP contribution in [-0.2, 0) is 20.7 Å². The molecule has 0 spiro atoms. The zero-order chi connectivity index (χ0) is 19.2. The molecule has 0 bridgehead atoms. The van der Waals surface area contributed by atoms with Crippen molar-refractivity contribution in [3.05, 3.63) is 48.0 Å². The van der Waals surface area contributed by atoms with Gasteiger partial charge in [-0.2, -0.15) is 0 Å². The molecule has 1 aromatic carbocycles. The number of amides is 1. The van der Waals surface area contributed by atoms with Gasteiger partial charge in [0.05, 0.1) is 12.1 Å². The maximum atomic E-state index is 12.0. The number of hydrogen-bond acceptors (Lipinski definition) is 8. The van der Waals surface area contributed by atoms with Gasteiger partial charge in [0.15, 0.2) is 6.10 Å². The fourth-order valence-corrected chi connectivity index (χ4v) is 2.22. The summed E-state index contributed by atoms with van der Waals surface area (Å²) >= 11 is 0. The molecule has 1 amide bonds. The van der Waals surface area contributed by atoms with Gasteiger partial charge in [0.25, 0.3) is 5.91 Å². The van der Waals surface area contributed by atoms with E-state index in [4.69, 9.17) is 13.7 Å². The van der Waals surface area contributed by atoms with Gasteiger partial charge in [-0.05, 0) is 26.0 Å². The van der Waals surface area contributed by atoms with Crippen molar-refractivity contribution in [2.24, 2.45) is 0 Å². The lowest BCUT2D eigenvalue weighted by atomic mass is 10.2. The van der Waals surface area contributed by atoms with E-state index in [0.29, 0.717) is 17.5 Å². The maximum Gasteiger partial charge on any atom is 0.307 e. The highest BCUT2D eigenvalue weighted by Gasteiger charge is 2.20. The van der Waals surface area contributed by atoms with Crippen LogP contribution in [0.3, 0.4) is 0 Å². The summed E-state index contributed by atoms with van der Waals surface area (Å²) in [5.74, 6) is -0.164. The molecule has 0 unspecified atom stereocenters. The van der Waals surface area contributed by atoms with Crippen molar-refractivity contribution in [3.8, 4) is 11.5 Å². The van der Waals surface area contributed by atoms with Gasteiger partial charge in [-0.25, -0.2) is 0 Å². The number of carbonyl (C=O) groups is 2. The second-order valence-corrected chi connectivity index (χ2v) is 5.82. The summed E-state index contributed by atoms with van der Waals surface area (Å²) in [6.07, 6.45) is -0.755. The average molecular weight is 370 g/mol. The number of ether oxygens (including phenoxy) is 1. The summed E-state index contributed by atoms with van der Waals surface area (Å²) in [5.41, 5.74) is 1.43. The Morgan fingerprint density at radius 1 is 1.22 bits per heavy atom. The Morgan fingerprint density at radius 3 is 2.70 bits per heavy atom. The summed E-state index contributed by atoms with van der Waals surface area (Å²) < 4.78 is 15.5. The van der Waals surface area contributed by atoms with Crippen LogP contribution >= 0.6 is 0 Å². The molecule has 2 aromatic heterocycles. The van der Waals surface area contributed by atoms with Gasteiger partial charge >= 0.3 is 5.97 Å². The number of esters is 1. The molecule has 140 valence electrons. The van der Waals surface area contributed by atoms with Gasteiger partial charge in [-0.15, -0.1) is 10.2 Å². The van der Waals surface area contributed by atoms with Crippen molar-refractivity contribution in [3.63, 3.8) is 0 Å². The Balaban J connectivity index is 1.46. The molecule has 9 heteroatoms. The van der Waals surface area contributed by atoms with Crippen molar-refractivity contribution in [1.82, 2.24) is 15.4 Å². The molecule has 3 rings (SSSR count). The lowest BCUT2D eigenvalue weighted by Gasteiger charge is -2.11. The van der Waals surface area contributed by atoms with Crippen molar-refractivity contribution in [2.75, 3.05) is 5.32 Å². The highest BCUT2D eigenvalue weighted by atomic mass is 16.5. The van der Waals surface area contributed by atoms with E-state index in [-0.39, 0.29) is 18.7 Å². The van der Waals surface area contributed by atoms with Crippen LogP contribution in [0.1, 0.15) is 24.9 Å². The van der Waals surface area contributed by atoms with E-state index in [0.717, 1.165) is 5.56 Å². The van der Waals surface area contributed by atoms with E-state index in [9.17, 15) is 9.59 Å². The second-order valence-electron chi connectivity index (χ2n) is 5.82. The number of aromatic nitrogens is 3. The van der Waals surface area contributed by atoms with Crippen molar-refractivity contribution < 1.29 is 23.3 Å². The first-order valence-electron chi connectivity index (χ1n) is 8.33. The third-order valence-electron chi connectivity index (χ3n) is 3.58. The summed E-state index contributed by atoms with van der Waals surface area (Å²) in [6, 6.07) is 10.9. The van der Waals surface area contributed by atoms with Gasteiger partial charge in [0.1, 0.15) is 0 Å². The van der Waals surface area contributed by atoms with E-state index < -0.39 is 18.0 Å². The molecule has 0 saturated carbocycles. The summed E-state index contributed by atoms with van der Waals surface area (Å²) in [5, 5.41) is 14.0. The van der Waals surface area contributed by atoms with Gasteiger partial charge < -0.3 is 13.7 Å². The van der Waals surface area contributed by atoms with Crippen LogP contribution in [0.2, 0.25) is 0 Å². The largest absolute Gasteiger partial charge is 0.453 e. The fourth-order valence-electron chi connectivity index (χ4n) is 2.22. The third-order valence-corrected chi connectivity index (χ3v) is 3.58. The molecule has 27 heavy (non-hydrogen) atoms. The summed E-state index contributed by atoms with van der Waals surface area (Å²) in [4.78, 5) is 23.9. The van der Waals surface area contributed by atoms with Crippen LogP contribution in [0.25, 0.3) is 11.5 Å². The molecule has 0 aliphatic heterocycles. The molecular weight excluding hydrogens is 352 g/mol. The first-order valence-corrected chi connectivity index (χ1v) is 8.33. The van der Waals surface area contributed by atoms with Crippen molar-refractivity contribution >= 4 is 17.8 Å². The van der Waals surface area contributed by atoms with Gasteiger partial charge in [-0.3, -0.25) is 14.9 Å². The Kier molecular flexibility index (Phi) is 5.60. The number of aryl methyl sites for hydroxylation is 2. The smallest absolute Gasteiger partial charge is 0.307 e. The summed E-state index contributed by atoms with van der Waals surface area (Å²) in [6.45, 7) is 3.19. The van der Waals surface area contributed by atoms with Crippen molar-refractivity contribution in [1.29, 1.82) is 0 Å². The molecule has 0 radical (unpaired) electrons. The molecule has 1 N–H and O–H groups in total. The topological polar surface area (TPSA) is 120 Å². The predicted molar refractivity (Wildman–Crippen MR) is 93.5 cm³/mol. The number of nitrogens with zero attached hydrogens (tertiary/aromatic N) is 3. The molecule has 0 aliphatic rings. The lowest BCUT2D eigenvalue weighted by Crippen LogP contribution is -2.29. The molecule has 0 aliphatic carbocycles. The van der Waals surface area contributed by atoms with E-state index in [1.165, 1.54) is 6.92 Å². The fraction of sp³-hybridized carbons (Fsp3) is 0.278. The third kappa shape index (κ3) is 5.00. The number of rotatable bonds is 7. The van der Waals surface area contributed by atoms with Crippen LogP contribution < -0.4 is 5.32 Å². The first kappa shape index (κ1) is 18.3. The minimum absolute atomic E-state index is 0.00938. The normalized spacial score (nSPS) is 11.8. The van der Waals surface area contributed by atoms with Gasteiger partial charge in [0.2, 0.25) is 17.7 Å². The molecule has 1 atom stereocenters. The number of carbonyl (C=O) groups excluding carboxylic acids is 2. The average Bonchev–Trinajstić information content (AvgIpc) is 3.29. The lowest BCUT2D eigenvalue weighted by molar-refractivity contribution is -0.153. The van der Waals surface area contributed by atoms with Crippen LogP contribution in [0.15, 0.2) is 45.3 Å². The van der Waals surface area contributed by atoms with Crippen LogP contribution in [0.5, 0.6) is 0 Å². The maximum absolute atomic E-state index is 12.0. The number of hydrogen-bond donors (Lipinski definition) is 1. The quantitative estimate of drug-likeness (QED) is 0.630. The highest BCUT2D eigenvalue weighted by molar-refractivity contribution is 5.94. The van der Waals surface area contributed by atoms with Gasteiger partial charge in [-0.1, -0.05) is 23.4 Å². The van der Waals surface area contributed by atoms with E-state index in [1.807, 2.05) is 30.3 Å².